The first-order valence-electron chi connectivity index (χ1n) is 6.67. The van der Waals surface area contributed by atoms with Gasteiger partial charge in [-0.2, -0.15) is 0 Å². The van der Waals surface area contributed by atoms with E-state index in [9.17, 15) is 13.9 Å². The first-order valence-corrected chi connectivity index (χ1v) is 6.67. The standard InChI is InChI=1S/C17H18F2O/c1-11-3-6-13(7-4-11)8-10-15(20)14-9-5-12(2)16(18)17(14)19/h3-7,9,15,20H,8,10H2,1-2H3. The summed E-state index contributed by atoms with van der Waals surface area (Å²) in [5.41, 5.74) is 2.51. The van der Waals surface area contributed by atoms with E-state index in [1.165, 1.54) is 24.6 Å². The Hall–Kier alpha value is -1.74. The van der Waals surface area contributed by atoms with Crippen molar-refractivity contribution in [3.63, 3.8) is 0 Å². The van der Waals surface area contributed by atoms with Crippen LogP contribution in [0.2, 0.25) is 0 Å². The number of hydrogen-bond donors (Lipinski definition) is 1. The fourth-order valence-electron chi connectivity index (χ4n) is 2.13. The Morgan fingerprint density at radius 2 is 1.60 bits per heavy atom. The molecule has 106 valence electrons. The summed E-state index contributed by atoms with van der Waals surface area (Å²) in [6, 6.07) is 10.9. The molecule has 0 aliphatic carbocycles. The quantitative estimate of drug-likeness (QED) is 0.885. The minimum Gasteiger partial charge on any atom is -0.388 e. The Bertz CT molecular complexity index is 591. The number of rotatable bonds is 4. The number of aryl methyl sites for hydroxylation is 3. The molecule has 1 nitrogen and oxygen atoms in total. The summed E-state index contributed by atoms with van der Waals surface area (Å²) in [5.74, 6) is -1.82. The van der Waals surface area contributed by atoms with Crippen LogP contribution in [-0.4, -0.2) is 5.11 Å². The Morgan fingerprint density at radius 1 is 0.950 bits per heavy atom. The highest BCUT2D eigenvalue weighted by molar-refractivity contribution is 5.27. The predicted molar refractivity (Wildman–Crippen MR) is 75.6 cm³/mol. The van der Waals surface area contributed by atoms with Crippen molar-refractivity contribution in [1.29, 1.82) is 0 Å². The summed E-state index contributed by atoms with van der Waals surface area (Å²) in [5, 5.41) is 10.0. The van der Waals surface area contributed by atoms with Gasteiger partial charge in [0.2, 0.25) is 0 Å². The third-order valence-electron chi connectivity index (χ3n) is 3.49. The SMILES string of the molecule is Cc1ccc(CCC(O)c2ccc(C)c(F)c2F)cc1. The lowest BCUT2D eigenvalue weighted by molar-refractivity contribution is 0.162. The molecule has 0 fully saturated rings. The zero-order valence-electron chi connectivity index (χ0n) is 11.7. The molecule has 2 rings (SSSR count). The fraction of sp³-hybridized carbons (Fsp3) is 0.294. The second-order valence-electron chi connectivity index (χ2n) is 5.14. The monoisotopic (exact) mass is 276 g/mol. The van der Waals surface area contributed by atoms with E-state index in [-0.39, 0.29) is 11.1 Å². The van der Waals surface area contributed by atoms with Crippen LogP contribution in [0, 0.1) is 25.5 Å². The van der Waals surface area contributed by atoms with E-state index >= 15 is 0 Å². The largest absolute Gasteiger partial charge is 0.388 e. The van der Waals surface area contributed by atoms with Crippen LogP contribution in [0.5, 0.6) is 0 Å². The van der Waals surface area contributed by atoms with Crippen LogP contribution >= 0.6 is 0 Å². The summed E-state index contributed by atoms with van der Waals surface area (Å²) < 4.78 is 27.2. The summed E-state index contributed by atoms with van der Waals surface area (Å²) in [6.07, 6.45) is -0.00909. The van der Waals surface area contributed by atoms with Crippen molar-refractivity contribution >= 4 is 0 Å². The van der Waals surface area contributed by atoms with Crippen LogP contribution < -0.4 is 0 Å². The van der Waals surface area contributed by atoms with Gasteiger partial charge in [-0.05, 0) is 37.8 Å². The molecule has 0 aliphatic heterocycles. The second kappa shape index (κ2) is 6.14. The van der Waals surface area contributed by atoms with Gasteiger partial charge in [-0.25, -0.2) is 8.78 Å². The number of aliphatic hydroxyl groups is 1. The normalized spacial score (nSPS) is 12.4. The molecule has 0 radical (unpaired) electrons. The molecular formula is C17H18F2O. The van der Waals surface area contributed by atoms with Crippen LogP contribution in [0.3, 0.4) is 0 Å². The maximum Gasteiger partial charge on any atom is 0.164 e. The topological polar surface area (TPSA) is 20.2 Å². The van der Waals surface area contributed by atoms with E-state index in [0.29, 0.717) is 12.8 Å². The highest BCUT2D eigenvalue weighted by Crippen LogP contribution is 2.25. The van der Waals surface area contributed by atoms with Gasteiger partial charge in [0.25, 0.3) is 0 Å². The zero-order valence-corrected chi connectivity index (χ0v) is 11.7. The molecule has 1 unspecified atom stereocenters. The molecule has 1 atom stereocenters. The highest BCUT2D eigenvalue weighted by Gasteiger charge is 2.17. The zero-order chi connectivity index (χ0) is 14.7. The van der Waals surface area contributed by atoms with Gasteiger partial charge in [-0.3, -0.25) is 0 Å². The van der Waals surface area contributed by atoms with E-state index < -0.39 is 17.7 Å². The molecule has 0 spiro atoms. The summed E-state index contributed by atoms with van der Waals surface area (Å²) in [7, 11) is 0. The van der Waals surface area contributed by atoms with Crippen LogP contribution in [0.4, 0.5) is 8.78 Å². The molecule has 2 aromatic rings. The first-order chi connectivity index (χ1) is 9.49. The first kappa shape index (κ1) is 14.7. The second-order valence-corrected chi connectivity index (χ2v) is 5.14. The van der Waals surface area contributed by atoms with E-state index in [1.54, 1.807) is 0 Å². The van der Waals surface area contributed by atoms with Crippen molar-refractivity contribution in [3.05, 3.63) is 70.3 Å². The van der Waals surface area contributed by atoms with Crippen molar-refractivity contribution in [1.82, 2.24) is 0 Å². The van der Waals surface area contributed by atoms with Gasteiger partial charge >= 0.3 is 0 Å². The van der Waals surface area contributed by atoms with E-state index in [2.05, 4.69) is 0 Å². The molecule has 0 saturated carbocycles. The highest BCUT2D eigenvalue weighted by atomic mass is 19.2. The Morgan fingerprint density at radius 3 is 2.25 bits per heavy atom. The molecule has 1 N–H and O–H groups in total. The third kappa shape index (κ3) is 3.23. The molecule has 2 aromatic carbocycles. The molecule has 0 aliphatic rings. The Labute approximate surface area is 117 Å². The van der Waals surface area contributed by atoms with Crippen molar-refractivity contribution in [2.45, 2.75) is 32.8 Å². The van der Waals surface area contributed by atoms with Gasteiger partial charge in [0.05, 0.1) is 6.10 Å². The van der Waals surface area contributed by atoms with Crippen molar-refractivity contribution in [3.8, 4) is 0 Å². The van der Waals surface area contributed by atoms with Gasteiger partial charge in [0.1, 0.15) is 0 Å². The number of benzene rings is 2. The summed E-state index contributed by atoms with van der Waals surface area (Å²) in [6.45, 7) is 3.50. The smallest absolute Gasteiger partial charge is 0.164 e. The predicted octanol–water partition coefficient (Wildman–Crippen LogP) is 4.25. The lowest BCUT2D eigenvalue weighted by atomic mass is 9.99. The Balaban J connectivity index is 2.07. The average Bonchev–Trinajstić information content (AvgIpc) is 2.44. The number of hydrogen-bond acceptors (Lipinski definition) is 1. The molecular weight excluding hydrogens is 258 g/mol. The number of aliphatic hydroxyl groups excluding tert-OH is 1. The molecule has 0 heterocycles. The van der Waals surface area contributed by atoms with E-state index in [4.69, 9.17) is 0 Å². The van der Waals surface area contributed by atoms with Gasteiger partial charge in [-0.1, -0.05) is 42.0 Å². The lowest BCUT2D eigenvalue weighted by Crippen LogP contribution is -2.05. The van der Waals surface area contributed by atoms with Crippen LogP contribution in [0.1, 0.15) is 34.8 Å². The van der Waals surface area contributed by atoms with Crippen LogP contribution in [-0.2, 0) is 6.42 Å². The van der Waals surface area contributed by atoms with Crippen LogP contribution in [0.15, 0.2) is 36.4 Å². The maximum atomic E-state index is 13.8. The minimum atomic E-state index is -0.994. The molecule has 3 heteroatoms. The molecule has 0 aromatic heterocycles. The third-order valence-corrected chi connectivity index (χ3v) is 3.49. The minimum absolute atomic E-state index is 0.0280. The van der Waals surface area contributed by atoms with Gasteiger partial charge in [0.15, 0.2) is 11.6 Å². The van der Waals surface area contributed by atoms with Gasteiger partial charge < -0.3 is 5.11 Å². The number of halogens is 2. The Kier molecular flexibility index (Phi) is 4.50. The average molecular weight is 276 g/mol. The fourth-order valence-corrected chi connectivity index (χ4v) is 2.13. The molecule has 0 saturated heterocycles. The molecule has 20 heavy (non-hydrogen) atoms. The maximum absolute atomic E-state index is 13.8. The van der Waals surface area contributed by atoms with Crippen molar-refractivity contribution in [2.24, 2.45) is 0 Å². The van der Waals surface area contributed by atoms with Gasteiger partial charge in [-0.15, -0.1) is 0 Å². The molecule has 0 bridgehead atoms. The molecule has 0 amide bonds. The van der Waals surface area contributed by atoms with Crippen molar-refractivity contribution < 1.29 is 13.9 Å². The lowest BCUT2D eigenvalue weighted by Gasteiger charge is -2.13. The summed E-state index contributed by atoms with van der Waals surface area (Å²) in [4.78, 5) is 0. The summed E-state index contributed by atoms with van der Waals surface area (Å²) >= 11 is 0. The van der Waals surface area contributed by atoms with E-state index in [1.807, 2.05) is 31.2 Å². The van der Waals surface area contributed by atoms with Gasteiger partial charge in [0, 0.05) is 5.56 Å². The van der Waals surface area contributed by atoms with Crippen molar-refractivity contribution in [2.75, 3.05) is 0 Å². The van der Waals surface area contributed by atoms with E-state index in [0.717, 1.165) is 5.56 Å². The van der Waals surface area contributed by atoms with Crippen LogP contribution in [0.25, 0.3) is 0 Å².